The largest absolute Gasteiger partial charge is 0.433 e. The van der Waals surface area contributed by atoms with Gasteiger partial charge in [0, 0.05) is 12.6 Å². The summed E-state index contributed by atoms with van der Waals surface area (Å²) in [6.07, 6.45) is -3.45. The van der Waals surface area contributed by atoms with Crippen molar-refractivity contribution < 1.29 is 22.4 Å². The van der Waals surface area contributed by atoms with Gasteiger partial charge in [0.2, 0.25) is 0 Å². The molecule has 0 aliphatic carbocycles. The summed E-state index contributed by atoms with van der Waals surface area (Å²) < 4.78 is 51.4. The monoisotopic (exact) mass is 355 g/mol. The Kier molecular flexibility index (Phi) is 3.56. The molecule has 4 rings (SSSR count). The van der Waals surface area contributed by atoms with Crippen LogP contribution in [0.15, 0.2) is 16.9 Å². The van der Waals surface area contributed by atoms with E-state index in [2.05, 4.69) is 25.2 Å². The van der Waals surface area contributed by atoms with Gasteiger partial charge in [-0.1, -0.05) is 5.16 Å². The van der Waals surface area contributed by atoms with Crippen molar-refractivity contribution in [3.63, 3.8) is 0 Å². The zero-order chi connectivity index (χ0) is 17.6. The summed E-state index contributed by atoms with van der Waals surface area (Å²) in [6.45, 7) is 2.51. The number of hydrogen-bond donors (Lipinski definition) is 0. The van der Waals surface area contributed by atoms with Crippen LogP contribution in [0.2, 0.25) is 0 Å². The van der Waals surface area contributed by atoms with Gasteiger partial charge in [-0.25, -0.2) is 4.98 Å². The first-order valence-corrected chi connectivity index (χ1v) is 7.36. The van der Waals surface area contributed by atoms with E-state index in [1.54, 1.807) is 11.8 Å². The minimum absolute atomic E-state index is 0.142. The van der Waals surface area contributed by atoms with Gasteiger partial charge in [0.25, 0.3) is 11.7 Å². The number of morpholine rings is 1. The topological polar surface area (TPSA) is 94.5 Å². The third-order valence-electron chi connectivity index (χ3n) is 3.77. The molecule has 0 bridgehead atoms. The molecule has 0 aromatic carbocycles. The Morgan fingerprint density at radius 2 is 2.12 bits per heavy atom. The van der Waals surface area contributed by atoms with Crippen LogP contribution in [-0.2, 0) is 10.9 Å². The van der Waals surface area contributed by atoms with Gasteiger partial charge in [-0.15, -0.1) is 0 Å². The van der Waals surface area contributed by atoms with Crippen LogP contribution in [0.1, 0.15) is 23.5 Å². The first-order valence-electron chi connectivity index (χ1n) is 7.36. The quantitative estimate of drug-likeness (QED) is 0.681. The summed E-state index contributed by atoms with van der Waals surface area (Å²) >= 11 is 0. The predicted molar refractivity (Wildman–Crippen MR) is 75.7 cm³/mol. The van der Waals surface area contributed by atoms with Gasteiger partial charge >= 0.3 is 6.18 Å². The molecule has 3 aromatic heterocycles. The fraction of sp³-hybridized carbons (Fsp3) is 0.462. The molecule has 0 saturated carbocycles. The van der Waals surface area contributed by atoms with Crippen LogP contribution in [-0.4, -0.2) is 49.5 Å². The van der Waals surface area contributed by atoms with E-state index in [9.17, 15) is 13.2 Å². The van der Waals surface area contributed by atoms with Crippen LogP contribution in [0.5, 0.6) is 0 Å². The molecule has 3 aromatic rings. The number of halogens is 3. The van der Waals surface area contributed by atoms with E-state index in [0.29, 0.717) is 19.0 Å². The molecule has 0 unspecified atom stereocenters. The summed E-state index contributed by atoms with van der Waals surface area (Å²) in [5.74, 6) is 0.726. The standard InChI is InChI=1S/C13H12F3N7O2/c1-7-19-11(25-21-7)8-5-24-3-2-22(8)10-4-9(13(14,15)16)20-12-17-6-18-23(10)12/h4,6,8H,2-3,5H2,1H3/t8-/m0/s1. The Morgan fingerprint density at radius 1 is 1.28 bits per heavy atom. The Labute approximate surface area is 138 Å². The van der Waals surface area contributed by atoms with Crippen LogP contribution in [0.4, 0.5) is 19.0 Å². The Hall–Kier alpha value is -2.76. The molecule has 1 fully saturated rings. The zero-order valence-electron chi connectivity index (χ0n) is 12.9. The summed E-state index contributed by atoms with van der Waals surface area (Å²) in [5, 5.41) is 7.71. The number of nitrogens with zero attached hydrogens (tertiary/aromatic N) is 7. The molecule has 1 atom stereocenters. The molecular weight excluding hydrogens is 343 g/mol. The number of alkyl halides is 3. The van der Waals surface area contributed by atoms with Gasteiger partial charge in [-0.3, -0.25) is 0 Å². The average molecular weight is 355 g/mol. The highest BCUT2D eigenvalue weighted by atomic mass is 19.4. The average Bonchev–Trinajstić information content (AvgIpc) is 3.21. The third kappa shape index (κ3) is 2.77. The first-order chi connectivity index (χ1) is 11.9. The second kappa shape index (κ2) is 5.65. The summed E-state index contributed by atoms with van der Waals surface area (Å²) in [7, 11) is 0. The van der Waals surface area contributed by atoms with Gasteiger partial charge < -0.3 is 14.2 Å². The summed E-state index contributed by atoms with van der Waals surface area (Å²) in [6, 6.07) is 0.397. The molecular formula is C13H12F3N7O2. The third-order valence-corrected chi connectivity index (χ3v) is 3.77. The number of rotatable bonds is 2. The molecule has 9 nitrogen and oxygen atoms in total. The predicted octanol–water partition coefficient (Wildman–Crippen LogP) is 1.41. The number of anilines is 1. The number of hydrogen-bond acceptors (Lipinski definition) is 8. The second-order valence-electron chi connectivity index (χ2n) is 5.43. The van der Waals surface area contributed by atoms with Gasteiger partial charge in [-0.05, 0) is 6.92 Å². The lowest BCUT2D eigenvalue weighted by Gasteiger charge is -2.35. The van der Waals surface area contributed by atoms with E-state index >= 15 is 0 Å². The van der Waals surface area contributed by atoms with Gasteiger partial charge in [-0.2, -0.15) is 32.8 Å². The lowest BCUT2D eigenvalue weighted by atomic mass is 10.2. The maximum absolute atomic E-state index is 13.2. The highest BCUT2D eigenvalue weighted by Crippen LogP contribution is 2.34. The van der Waals surface area contributed by atoms with Crippen molar-refractivity contribution in [1.82, 2.24) is 29.7 Å². The minimum atomic E-state index is -4.61. The summed E-state index contributed by atoms with van der Waals surface area (Å²) in [4.78, 5) is 13.1. The van der Waals surface area contributed by atoms with Crippen molar-refractivity contribution >= 4 is 11.6 Å². The molecule has 1 saturated heterocycles. The molecule has 0 N–H and O–H groups in total. The number of aromatic nitrogens is 6. The molecule has 132 valence electrons. The molecule has 0 radical (unpaired) electrons. The number of ether oxygens (including phenoxy) is 1. The van der Waals surface area contributed by atoms with Crippen LogP contribution in [0, 0.1) is 6.92 Å². The van der Waals surface area contributed by atoms with Crippen LogP contribution < -0.4 is 4.90 Å². The smallest absolute Gasteiger partial charge is 0.377 e. The van der Waals surface area contributed by atoms with Crippen molar-refractivity contribution in [1.29, 1.82) is 0 Å². The Bertz CT molecular complexity index is 907. The van der Waals surface area contributed by atoms with Crippen LogP contribution in [0.25, 0.3) is 5.78 Å². The van der Waals surface area contributed by atoms with Gasteiger partial charge in [0.1, 0.15) is 18.2 Å². The molecule has 4 heterocycles. The van der Waals surface area contributed by atoms with Crippen molar-refractivity contribution in [2.75, 3.05) is 24.7 Å². The molecule has 12 heteroatoms. The number of aryl methyl sites for hydroxylation is 1. The maximum atomic E-state index is 13.2. The maximum Gasteiger partial charge on any atom is 0.433 e. The summed E-state index contributed by atoms with van der Waals surface area (Å²) in [5.41, 5.74) is -1.05. The fourth-order valence-electron chi connectivity index (χ4n) is 2.68. The van der Waals surface area contributed by atoms with E-state index < -0.39 is 17.9 Å². The van der Waals surface area contributed by atoms with E-state index in [1.165, 1.54) is 4.52 Å². The van der Waals surface area contributed by atoms with Gasteiger partial charge in [0.15, 0.2) is 11.5 Å². The normalized spacial score (nSPS) is 18.9. The minimum Gasteiger partial charge on any atom is -0.377 e. The van der Waals surface area contributed by atoms with Gasteiger partial charge in [0.05, 0.1) is 13.2 Å². The first kappa shape index (κ1) is 15.7. The number of fused-ring (bicyclic) bond motifs is 1. The Balaban J connectivity index is 1.84. The Morgan fingerprint density at radius 3 is 2.84 bits per heavy atom. The lowest BCUT2D eigenvalue weighted by molar-refractivity contribution is -0.141. The molecule has 0 spiro atoms. The van der Waals surface area contributed by atoms with Crippen molar-refractivity contribution in [2.45, 2.75) is 19.1 Å². The highest BCUT2D eigenvalue weighted by molar-refractivity contribution is 5.49. The highest BCUT2D eigenvalue weighted by Gasteiger charge is 2.37. The molecule has 25 heavy (non-hydrogen) atoms. The molecule has 0 amide bonds. The lowest BCUT2D eigenvalue weighted by Crippen LogP contribution is -2.41. The van der Waals surface area contributed by atoms with E-state index in [1.807, 2.05) is 0 Å². The second-order valence-corrected chi connectivity index (χ2v) is 5.43. The van der Waals surface area contributed by atoms with Crippen LogP contribution >= 0.6 is 0 Å². The van der Waals surface area contributed by atoms with E-state index in [4.69, 9.17) is 9.26 Å². The SMILES string of the molecule is Cc1noc([C@@H]2COCCN2c2cc(C(F)(F)F)nc3ncnn23)n1. The molecule has 1 aliphatic heterocycles. The zero-order valence-corrected chi connectivity index (χ0v) is 12.9. The van der Waals surface area contributed by atoms with E-state index in [0.717, 1.165) is 12.4 Å². The van der Waals surface area contributed by atoms with Crippen molar-refractivity contribution in [3.05, 3.63) is 29.8 Å². The van der Waals surface area contributed by atoms with Crippen LogP contribution in [0.3, 0.4) is 0 Å². The van der Waals surface area contributed by atoms with Crippen molar-refractivity contribution in [2.24, 2.45) is 0 Å². The van der Waals surface area contributed by atoms with E-state index in [-0.39, 0.29) is 24.1 Å². The van der Waals surface area contributed by atoms with Crippen molar-refractivity contribution in [3.8, 4) is 0 Å². The fourth-order valence-corrected chi connectivity index (χ4v) is 2.68. The molecule has 1 aliphatic rings.